The van der Waals surface area contributed by atoms with Crippen molar-refractivity contribution in [2.45, 2.75) is 32.3 Å². The highest BCUT2D eigenvalue weighted by Gasteiger charge is 2.29. The van der Waals surface area contributed by atoms with Crippen molar-refractivity contribution in [3.05, 3.63) is 0 Å². The number of nitrogens with zero attached hydrogens (tertiary/aromatic N) is 1. The van der Waals surface area contributed by atoms with E-state index in [1.807, 2.05) is 4.90 Å². The van der Waals surface area contributed by atoms with Crippen molar-refractivity contribution in [1.82, 2.24) is 4.90 Å². The summed E-state index contributed by atoms with van der Waals surface area (Å²) in [6.07, 6.45) is 3.04. The fourth-order valence-electron chi connectivity index (χ4n) is 1.67. The van der Waals surface area contributed by atoms with E-state index in [1.165, 1.54) is 20.0 Å². The van der Waals surface area contributed by atoms with Crippen molar-refractivity contribution >= 4 is 5.91 Å². The Labute approximate surface area is 91.8 Å². The van der Waals surface area contributed by atoms with Crippen molar-refractivity contribution in [1.29, 1.82) is 0 Å². The molecule has 1 aliphatic carbocycles. The molecule has 0 aromatic carbocycles. The molecule has 15 heavy (non-hydrogen) atoms. The van der Waals surface area contributed by atoms with Crippen LogP contribution in [0.3, 0.4) is 0 Å². The zero-order chi connectivity index (χ0) is 11.3. The topological polar surface area (TPSA) is 55.6 Å². The van der Waals surface area contributed by atoms with Crippen LogP contribution in [0.2, 0.25) is 0 Å². The predicted octanol–water partition coefficient (Wildman–Crippen LogP) is 0.609. The Hall–Kier alpha value is -0.610. The van der Waals surface area contributed by atoms with Gasteiger partial charge >= 0.3 is 0 Å². The minimum absolute atomic E-state index is 0.0498. The Bertz CT molecular complexity index is 201. The largest absolute Gasteiger partial charge is 0.370 e. The number of carbonyl (C=O) groups is 1. The van der Waals surface area contributed by atoms with Crippen LogP contribution in [0.5, 0.6) is 0 Å². The lowest BCUT2D eigenvalue weighted by Crippen LogP contribution is -2.44. The number of hydrogen-bond donors (Lipinski definition) is 1. The first-order valence-electron chi connectivity index (χ1n) is 5.74. The fourth-order valence-corrected chi connectivity index (χ4v) is 1.67. The third kappa shape index (κ3) is 3.80. The van der Waals surface area contributed by atoms with Crippen LogP contribution in [-0.4, -0.2) is 43.7 Å². The van der Waals surface area contributed by atoms with Gasteiger partial charge in [-0.1, -0.05) is 6.92 Å². The van der Waals surface area contributed by atoms with Crippen molar-refractivity contribution in [3.8, 4) is 0 Å². The molecule has 0 aliphatic heterocycles. The minimum atomic E-state index is -0.463. The molecule has 1 amide bonds. The molecule has 4 heteroatoms. The zero-order valence-electron chi connectivity index (χ0n) is 9.74. The van der Waals surface area contributed by atoms with E-state index in [-0.39, 0.29) is 12.5 Å². The van der Waals surface area contributed by atoms with Gasteiger partial charge in [-0.2, -0.15) is 0 Å². The van der Waals surface area contributed by atoms with Gasteiger partial charge in [0.25, 0.3) is 5.91 Å². The van der Waals surface area contributed by atoms with Gasteiger partial charge in [-0.15, -0.1) is 0 Å². The average Bonchev–Trinajstić information content (AvgIpc) is 3.03. The molecule has 0 saturated heterocycles. The number of hydrogen-bond acceptors (Lipinski definition) is 3. The molecule has 4 nitrogen and oxygen atoms in total. The second-order valence-corrected chi connectivity index (χ2v) is 4.19. The molecule has 0 aromatic rings. The second-order valence-electron chi connectivity index (χ2n) is 4.19. The highest BCUT2D eigenvalue weighted by Crippen LogP contribution is 2.29. The van der Waals surface area contributed by atoms with Crippen LogP contribution < -0.4 is 5.73 Å². The molecule has 0 heterocycles. The molecule has 0 spiro atoms. The van der Waals surface area contributed by atoms with Gasteiger partial charge in [-0.3, -0.25) is 4.79 Å². The summed E-state index contributed by atoms with van der Waals surface area (Å²) in [4.78, 5) is 13.9. The first kappa shape index (κ1) is 12.5. The van der Waals surface area contributed by atoms with E-state index in [2.05, 4.69) is 6.92 Å². The molecule has 0 aromatic heterocycles. The van der Waals surface area contributed by atoms with E-state index >= 15 is 0 Å². The lowest BCUT2D eigenvalue weighted by molar-refractivity contribution is -0.141. The number of rotatable bonds is 7. The molecule has 1 fully saturated rings. The summed E-state index contributed by atoms with van der Waals surface area (Å²) in [6, 6.07) is 0. The lowest BCUT2D eigenvalue weighted by atomic mass is 10.2. The minimum Gasteiger partial charge on any atom is -0.370 e. The molecule has 1 unspecified atom stereocenters. The number of ether oxygens (including phenoxy) is 1. The number of amides is 1. The normalized spacial score (nSPS) is 17.5. The Kier molecular flexibility index (Phi) is 5.05. The summed E-state index contributed by atoms with van der Waals surface area (Å²) in [5, 5.41) is 0. The van der Waals surface area contributed by atoms with Crippen LogP contribution in [0.15, 0.2) is 0 Å². The van der Waals surface area contributed by atoms with Gasteiger partial charge in [-0.05, 0) is 25.2 Å². The van der Waals surface area contributed by atoms with Gasteiger partial charge in [0, 0.05) is 26.7 Å². The van der Waals surface area contributed by atoms with Crippen molar-refractivity contribution < 1.29 is 9.53 Å². The lowest BCUT2D eigenvalue weighted by Gasteiger charge is -2.25. The van der Waals surface area contributed by atoms with Crippen LogP contribution in [0.25, 0.3) is 0 Å². The van der Waals surface area contributed by atoms with E-state index in [0.29, 0.717) is 0 Å². The van der Waals surface area contributed by atoms with Gasteiger partial charge < -0.3 is 15.4 Å². The predicted molar refractivity (Wildman–Crippen MR) is 59.4 cm³/mol. The standard InChI is InChI=1S/C11H22N2O2/c1-3-6-13(8-9-4-5-9)11(14)10(7-12)15-2/h9-10H,3-8,12H2,1-2H3. The molecule has 2 N–H and O–H groups in total. The maximum atomic E-state index is 12.0. The van der Waals surface area contributed by atoms with Crippen LogP contribution in [0.4, 0.5) is 0 Å². The van der Waals surface area contributed by atoms with E-state index < -0.39 is 6.10 Å². The SMILES string of the molecule is CCCN(CC1CC1)C(=O)C(CN)OC. The summed E-state index contributed by atoms with van der Waals surface area (Å²) < 4.78 is 5.07. The van der Waals surface area contributed by atoms with E-state index in [4.69, 9.17) is 10.5 Å². The van der Waals surface area contributed by atoms with E-state index in [1.54, 1.807) is 0 Å². The Morgan fingerprint density at radius 2 is 2.27 bits per heavy atom. The van der Waals surface area contributed by atoms with Crippen LogP contribution >= 0.6 is 0 Å². The average molecular weight is 214 g/mol. The number of carbonyl (C=O) groups excluding carboxylic acids is 1. The first-order chi connectivity index (χ1) is 7.22. The Balaban J connectivity index is 2.47. The maximum absolute atomic E-state index is 12.0. The molecule has 1 aliphatic rings. The Morgan fingerprint density at radius 1 is 1.60 bits per heavy atom. The summed E-state index contributed by atoms with van der Waals surface area (Å²) in [5.74, 6) is 0.768. The van der Waals surface area contributed by atoms with Crippen LogP contribution in [0, 0.1) is 5.92 Å². The van der Waals surface area contributed by atoms with E-state index in [0.717, 1.165) is 25.4 Å². The highest BCUT2D eigenvalue weighted by atomic mass is 16.5. The molecule has 1 rings (SSSR count). The number of nitrogens with two attached hydrogens (primary N) is 1. The van der Waals surface area contributed by atoms with Crippen molar-refractivity contribution in [3.63, 3.8) is 0 Å². The maximum Gasteiger partial charge on any atom is 0.253 e. The van der Waals surface area contributed by atoms with E-state index in [9.17, 15) is 4.79 Å². The molecule has 1 saturated carbocycles. The molecule has 0 bridgehead atoms. The van der Waals surface area contributed by atoms with Gasteiger partial charge in [0.05, 0.1) is 0 Å². The second kappa shape index (κ2) is 6.08. The summed E-state index contributed by atoms with van der Waals surface area (Å²) >= 11 is 0. The molecule has 1 atom stereocenters. The summed E-state index contributed by atoms with van der Waals surface area (Å²) in [6.45, 7) is 4.04. The van der Waals surface area contributed by atoms with Crippen molar-refractivity contribution in [2.24, 2.45) is 11.7 Å². The zero-order valence-corrected chi connectivity index (χ0v) is 9.74. The van der Waals surface area contributed by atoms with Gasteiger partial charge in [-0.25, -0.2) is 0 Å². The van der Waals surface area contributed by atoms with Crippen molar-refractivity contribution in [2.75, 3.05) is 26.7 Å². The third-order valence-electron chi connectivity index (χ3n) is 2.75. The summed E-state index contributed by atoms with van der Waals surface area (Å²) in [7, 11) is 1.54. The van der Waals surface area contributed by atoms with Gasteiger partial charge in [0.2, 0.25) is 0 Å². The van der Waals surface area contributed by atoms with Crippen LogP contribution in [-0.2, 0) is 9.53 Å². The molecular weight excluding hydrogens is 192 g/mol. The Morgan fingerprint density at radius 3 is 2.67 bits per heavy atom. The third-order valence-corrected chi connectivity index (χ3v) is 2.75. The first-order valence-corrected chi connectivity index (χ1v) is 5.74. The smallest absolute Gasteiger partial charge is 0.253 e. The summed E-state index contributed by atoms with van der Waals surface area (Å²) in [5.41, 5.74) is 5.49. The molecular formula is C11H22N2O2. The van der Waals surface area contributed by atoms with Gasteiger partial charge in [0.15, 0.2) is 0 Å². The fraction of sp³-hybridized carbons (Fsp3) is 0.909. The quantitative estimate of drug-likeness (QED) is 0.675. The molecule has 0 radical (unpaired) electrons. The monoisotopic (exact) mass is 214 g/mol. The van der Waals surface area contributed by atoms with Crippen LogP contribution in [0.1, 0.15) is 26.2 Å². The van der Waals surface area contributed by atoms with Gasteiger partial charge in [0.1, 0.15) is 6.10 Å². The highest BCUT2D eigenvalue weighted by molar-refractivity contribution is 5.81. The molecule has 88 valence electrons. The number of methoxy groups -OCH3 is 1.